The first-order valence-corrected chi connectivity index (χ1v) is 6.98. The van der Waals surface area contributed by atoms with E-state index in [0.29, 0.717) is 11.7 Å². The summed E-state index contributed by atoms with van der Waals surface area (Å²) in [5.74, 6) is 1.51. The van der Waals surface area contributed by atoms with Crippen molar-refractivity contribution in [2.75, 3.05) is 12.4 Å². The Morgan fingerprint density at radius 3 is 2.76 bits per heavy atom. The molecular formula is C16H21N3O2. The van der Waals surface area contributed by atoms with Crippen molar-refractivity contribution < 1.29 is 9.53 Å². The maximum Gasteiger partial charge on any atom is 0.230 e. The molecule has 0 saturated heterocycles. The SMILES string of the molecule is COc1ccc(C)cc1CC(=O)Nc1cc(C(C)C)[nH]n1. The van der Waals surface area contributed by atoms with Crippen LogP contribution in [0.4, 0.5) is 5.82 Å². The van der Waals surface area contributed by atoms with Crippen LogP contribution < -0.4 is 10.1 Å². The lowest BCUT2D eigenvalue weighted by Gasteiger charge is -2.09. The number of aromatic nitrogens is 2. The summed E-state index contributed by atoms with van der Waals surface area (Å²) >= 11 is 0. The zero-order valence-electron chi connectivity index (χ0n) is 12.9. The number of hydrogen-bond acceptors (Lipinski definition) is 3. The third-order valence-corrected chi connectivity index (χ3v) is 3.27. The summed E-state index contributed by atoms with van der Waals surface area (Å²) < 4.78 is 5.29. The Kier molecular flexibility index (Phi) is 4.62. The fraction of sp³-hybridized carbons (Fsp3) is 0.375. The van der Waals surface area contributed by atoms with Gasteiger partial charge >= 0.3 is 0 Å². The molecule has 0 aliphatic heterocycles. The second kappa shape index (κ2) is 6.43. The normalized spacial score (nSPS) is 10.7. The number of aryl methyl sites for hydroxylation is 1. The van der Waals surface area contributed by atoms with Crippen molar-refractivity contribution in [1.29, 1.82) is 0 Å². The second-order valence-corrected chi connectivity index (χ2v) is 5.40. The van der Waals surface area contributed by atoms with Crippen LogP contribution in [0.25, 0.3) is 0 Å². The van der Waals surface area contributed by atoms with Crippen LogP contribution in [0.3, 0.4) is 0 Å². The molecule has 1 aromatic carbocycles. The van der Waals surface area contributed by atoms with E-state index in [1.807, 2.05) is 31.2 Å². The molecule has 1 aromatic heterocycles. The molecule has 0 fully saturated rings. The first-order chi connectivity index (χ1) is 9.99. The highest BCUT2D eigenvalue weighted by molar-refractivity contribution is 5.91. The molecule has 0 atom stereocenters. The fourth-order valence-electron chi connectivity index (χ4n) is 2.10. The van der Waals surface area contributed by atoms with Crippen molar-refractivity contribution in [3.8, 4) is 5.75 Å². The number of carbonyl (C=O) groups is 1. The van der Waals surface area contributed by atoms with Crippen LogP contribution in [0.2, 0.25) is 0 Å². The Labute approximate surface area is 124 Å². The molecule has 21 heavy (non-hydrogen) atoms. The molecule has 5 nitrogen and oxygen atoms in total. The molecule has 0 unspecified atom stereocenters. The Bertz CT molecular complexity index is 632. The maximum absolute atomic E-state index is 12.1. The molecule has 0 bridgehead atoms. The van der Waals surface area contributed by atoms with Gasteiger partial charge in [0.15, 0.2) is 5.82 Å². The van der Waals surface area contributed by atoms with Crippen molar-refractivity contribution >= 4 is 11.7 Å². The highest BCUT2D eigenvalue weighted by Crippen LogP contribution is 2.21. The molecule has 0 aliphatic rings. The lowest BCUT2D eigenvalue weighted by Crippen LogP contribution is -2.15. The lowest BCUT2D eigenvalue weighted by atomic mass is 10.1. The number of aromatic amines is 1. The van der Waals surface area contributed by atoms with E-state index in [2.05, 4.69) is 29.4 Å². The monoisotopic (exact) mass is 287 g/mol. The summed E-state index contributed by atoms with van der Waals surface area (Å²) in [5, 5.41) is 9.81. The summed E-state index contributed by atoms with van der Waals surface area (Å²) in [6, 6.07) is 7.66. The summed E-state index contributed by atoms with van der Waals surface area (Å²) in [4.78, 5) is 12.1. The van der Waals surface area contributed by atoms with Crippen LogP contribution in [0.5, 0.6) is 5.75 Å². The van der Waals surface area contributed by atoms with Gasteiger partial charge in [-0.3, -0.25) is 9.89 Å². The van der Waals surface area contributed by atoms with E-state index in [1.54, 1.807) is 7.11 Å². The Morgan fingerprint density at radius 2 is 2.14 bits per heavy atom. The maximum atomic E-state index is 12.1. The first kappa shape index (κ1) is 15.1. The molecule has 2 aromatic rings. The van der Waals surface area contributed by atoms with Gasteiger partial charge in [-0.15, -0.1) is 0 Å². The standard InChI is InChI=1S/C16H21N3O2/c1-10(2)13-9-15(19-18-13)17-16(20)8-12-7-11(3)5-6-14(12)21-4/h5-7,9-10H,8H2,1-4H3,(H2,17,18,19,20). The molecule has 5 heteroatoms. The van der Waals surface area contributed by atoms with Crippen LogP contribution in [0.1, 0.15) is 36.6 Å². The van der Waals surface area contributed by atoms with Crippen molar-refractivity contribution in [2.45, 2.75) is 33.1 Å². The molecule has 2 N–H and O–H groups in total. The van der Waals surface area contributed by atoms with Gasteiger partial charge in [0.05, 0.1) is 13.5 Å². The first-order valence-electron chi connectivity index (χ1n) is 6.98. The molecule has 0 radical (unpaired) electrons. The number of benzene rings is 1. The predicted molar refractivity (Wildman–Crippen MR) is 82.7 cm³/mol. The highest BCUT2D eigenvalue weighted by atomic mass is 16.5. The van der Waals surface area contributed by atoms with E-state index < -0.39 is 0 Å². The molecule has 1 amide bonds. The number of amides is 1. The summed E-state index contributed by atoms with van der Waals surface area (Å²) in [5.41, 5.74) is 2.97. The van der Waals surface area contributed by atoms with Crippen molar-refractivity contribution in [3.63, 3.8) is 0 Å². The molecule has 1 heterocycles. The minimum atomic E-state index is -0.110. The number of anilines is 1. The number of rotatable bonds is 5. The van der Waals surface area contributed by atoms with E-state index in [4.69, 9.17) is 4.74 Å². The van der Waals surface area contributed by atoms with Crippen molar-refractivity contribution in [3.05, 3.63) is 41.1 Å². The van der Waals surface area contributed by atoms with Gasteiger partial charge in [0.1, 0.15) is 5.75 Å². The molecule has 2 rings (SSSR count). The number of H-pyrrole nitrogens is 1. The average molecular weight is 287 g/mol. The van der Waals surface area contributed by atoms with Crippen LogP contribution in [0, 0.1) is 6.92 Å². The van der Waals surface area contributed by atoms with Gasteiger partial charge in [-0.2, -0.15) is 5.10 Å². The van der Waals surface area contributed by atoms with Crippen molar-refractivity contribution in [1.82, 2.24) is 10.2 Å². The number of nitrogens with one attached hydrogen (secondary N) is 2. The van der Waals surface area contributed by atoms with Crippen LogP contribution in [-0.4, -0.2) is 23.2 Å². The van der Waals surface area contributed by atoms with E-state index in [1.165, 1.54) is 0 Å². The molecule has 0 spiro atoms. The Balaban J connectivity index is 2.06. The van der Waals surface area contributed by atoms with Gasteiger partial charge in [-0.05, 0) is 18.9 Å². The summed E-state index contributed by atoms with van der Waals surface area (Å²) in [6.45, 7) is 6.12. The third kappa shape index (κ3) is 3.84. The van der Waals surface area contributed by atoms with Crippen LogP contribution in [0.15, 0.2) is 24.3 Å². The third-order valence-electron chi connectivity index (χ3n) is 3.27. The average Bonchev–Trinajstić information content (AvgIpc) is 2.87. The summed E-state index contributed by atoms with van der Waals surface area (Å²) in [7, 11) is 1.61. The van der Waals surface area contributed by atoms with Gasteiger partial charge in [0, 0.05) is 17.3 Å². The fourth-order valence-corrected chi connectivity index (χ4v) is 2.10. The largest absolute Gasteiger partial charge is 0.496 e. The Morgan fingerprint density at radius 1 is 1.38 bits per heavy atom. The van der Waals surface area contributed by atoms with Gasteiger partial charge in [-0.25, -0.2) is 0 Å². The minimum Gasteiger partial charge on any atom is -0.496 e. The van der Waals surface area contributed by atoms with Gasteiger partial charge < -0.3 is 10.1 Å². The van der Waals surface area contributed by atoms with Crippen LogP contribution in [-0.2, 0) is 11.2 Å². The lowest BCUT2D eigenvalue weighted by molar-refractivity contribution is -0.115. The van der Waals surface area contributed by atoms with Gasteiger partial charge in [0.2, 0.25) is 5.91 Å². The van der Waals surface area contributed by atoms with E-state index in [-0.39, 0.29) is 12.3 Å². The molecular weight excluding hydrogens is 266 g/mol. The van der Waals surface area contributed by atoms with Gasteiger partial charge in [0.25, 0.3) is 0 Å². The number of hydrogen-bond donors (Lipinski definition) is 2. The smallest absolute Gasteiger partial charge is 0.230 e. The van der Waals surface area contributed by atoms with E-state index in [9.17, 15) is 4.79 Å². The van der Waals surface area contributed by atoms with Crippen LogP contribution >= 0.6 is 0 Å². The zero-order chi connectivity index (χ0) is 15.4. The van der Waals surface area contributed by atoms with Gasteiger partial charge in [-0.1, -0.05) is 31.5 Å². The second-order valence-electron chi connectivity index (χ2n) is 5.40. The van der Waals surface area contributed by atoms with E-state index >= 15 is 0 Å². The topological polar surface area (TPSA) is 67.0 Å². The number of nitrogens with zero attached hydrogens (tertiary/aromatic N) is 1. The van der Waals surface area contributed by atoms with E-state index in [0.717, 1.165) is 22.6 Å². The Hall–Kier alpha value is -2.30. The number of methoxy groups -OCH3 is 1. The quantitative estimate of drug-likeness (QED) is 0.888. The summed E-state index contributed by atoms with van der Waals surface area (Å²) in [6.07, 6.45) is 0.259. The van der Waals surface area contributed by atoms with Crippen molar-refractivity contribution in [2.24, 2.45) is 0 Å². The predicted octanol–water partition coefficient (Wildman–Crippen LogP) is 3.03. The highest BCUT2D eigenvalue weighted by Gasteiger charge is 2.11. The number of ether oxygens (including phenoxy) is 1. The molecule has 0 aliphatic carbocycles. The molecule has 0 saturated carbocycles. The number of carbonyl (C=O) groups excluding carboxylic acids is 1. The minimum absolute atomic E-state index is 0.110. The molecule has 112 valence electrons. The zero-order valence-corrected chi connectivity index (χ0v) is 12.9.